The molecule has 0 saturated carbocycles. The van der Waals surface area contributed by atoms with E-state index < -0.39 is 17.5 Å². The van der Waals surface area contributed by atoms with Crippen molar-refractivity contribution in [1.82, 2.24) is 19.7 Å². The zero-order chi connectivity index (χ0) is 18.7. The number of aryl methyl sites for hydroxylation is 1. The molecule has 136 valence electrons. The molecule has 7 nitrogen and oxygen atoms in total. The second kappa shape index (κ2) is 7.30. The van der Waals surface area contributed by atoms with Gasteiger partial charge in [-0.15, -0.1) is 0 Å². The van der Waals surface area contributed by atoms with E-state index in [1.54, 1.807) is 24.1 Å². The molecule has 1 aromatic carbocycles. The van der Waals surface area contributed by atoms with Gasteiger partial charge in [0.05, 0.1) is 25.2 Å². The van der Waals surface area contributed by atoms with Gasteiger partial charge in [0.1, 0.15) is 5.82 Å². The molecule has 0 aliphatic heterocycles. The third-order valence-corrected chi connectivity index (χ3v) is 3.51. The van der Waals surface area contributed by atoms with Gasteiger partial charge in [-0.05, 0) is 12.1 Å². The minimum atomic E-state index is -0.858. The Kier molecular flexibility index (Phi) is 4.92. The first-order valence-corrected chi connectivity index (χ1v) is 7.51. The number of hydrogen-bond donors (Lipinski definition) is 2. The minimum absolute atomic E-state index is 0.105. The van der Waals surface area contributed by atoms with Crippen molar-refractivity contribution in [1.29, 1.82) is 0 Å². The summed E-state index contributed by atoms with van der Waals surface area (Å²) < 4.78 is 48.3. The second-order valence-corrected chi connectivity index (χ2v) is 5.31. The molecule has 2 heterocycles. The molecule has 0 amide bonds. The lowest BCUT2D eigenvalue weighted by molar-refractivity contribution is 0.381. The van der Waals surface area contributed by atoms with Gasteiger partial charge in [-0.1, -0.05) is 0 Å². The Hall–Kier alpha value is -3.30. The van der Waals surface area contributed by atoms with Gasteiger partial charge >= 0.3 is 0 Å². The molecule has 3 aromatic rings. The monoisotopic (exact) mass is 364 g/mol. The van der Waals surface area contributed by atoms with Gasteiger partial charge in [0.2, 0.25) is 5.95 Å². The highest BCUT2D eigenvalue weighted by Gasteiger charge is 2.15. The minimum Gasteiger partial charge on any atom is -0.494 e. The van der Waals surface area contributed by atoms with Crippen LogP contribution in [0.4, 0.5) is 30.6 Å². The van der Waals surface area contributed by atoms with Gasteiger partial charge in [0.25, 0.3) is 0 Å². The smallest absolute Gasteiger partial charge is 0.229 e. The highest BCUT2D eigenvalue weighted by Crippen LogP contribution is 2.24. The number of nitrogens with zero attached hydrogens (tertiary/aromatic N) is 4. The van der Waals surface area contributed by atoms with Crippen LogP contribution in [0.15, 0.2) is 30.7 Å². The Balaban J connectivity index is 1.79. The molecule has 0 spiro atoms. The summed E-state index contributed by atoms with van der Waals surface area (Å²) in [6.45, 7) is -0.324. The van der Waals surface area contributed by atoms with Gasteiger partial charge in [-0.2, -0.15) is 10.1 Å². The van der Waals surface area contributed by atoms with Crippen LogP contribution in [0, 0.1) is 17.5 Å². The predicted molar refractivity (Wildman–Crippen MR) is 88.7 cm³/mol. The van der Waals surface area contributed by atoms with E-state index in [2.05, 4.69) is 25.7 Å². The van der Waals surface area contributed by atoms with Crippen LogP contribution in [0.2, 0.25) is 0 Å². The van der Waals surface area contributed by atoms with E-state index in [4.69, 9.17) is 4.74 Å². The molecule has 2 aromatic heterocycles. The molecule has 3 rings (SSSR count). The van der Waals surface area contributed by atoms with Gasteiger partial charge < -0.3 is 15.4 Å². The maximum absolute atomic E-state index is 14.2. The van der Waals surface area contributed by atoms with Crippen molar-refractivity contribution >= 4 is 17.5 Å². The van der Waals surface area contributed by atoms with E-state index >= 15 is 0 Å². The van der Waals surface area contributed by atoms with E-state index in [1.807, 2.05) is 0 Å². The fraction of sp³-hybridized carbons (Fsp3) is 0.188. The summed E-state index contributed by atoms with van der Waals surface area (Å²) in [5.74, 6) is -2.60. The number of rotatable bonds is 6. The van der Waals surface area contributed by atoms with E-state index in [0.29, 0.717) is 5.69 Å². The number of nitrogens with one attached hydrogen (secondary N) is 2. The van der Waals surface area contributed by atoms with Crippen LogP contribution in [0.25, 0.3) is 0 Å². The van der Waals surface area contributed by atoms with Crippen molar-refractivity contribution < 1.29 is 17.9 Å². The quantitative estimate of drug-likeness (QED) is 0.700. The Bertz CT molecular complexity index is 930. The first-order valence-electron chi connectivity index (χ1n) is 7.51. The number of hydrogen-bond acceptors (Lipinski definition) is 6. The van der Waals surface area contributed by atoms with Crippen molar-refractivity contribution in [3.8, 4) is 5.75 Å². The lowest BCUT2D eigenvalue weighted by Crippen LogP contribution is -2.10. The van der Waals surface area contributed by atoms with E-state index in [-0.39, 0.29) is 29.6 Å². The molecular formula is C16H15F3N6O. The van der Waals surface area contributed by atoms with Crippen molar-refractivity contribution in [2.75, 3.05) is 17.7 Å². The van der Waals surface area contributed by atoms with Crippen LogP contribution in [-0.4, -0.2) is 26.9 Å². The van der Waals surface area contributed by atoms with Crippen LogP contribution in [-0.2, 0) is 13.6 Å². The largest absolute Gasteiger partial charge is 0.494 e. The van der Waals surface area contributed by atoms with Crippen LogP contribution in [0.5, 0.6) is 5.75 Å². The number of halogens is 3. The molecule has 2 N–H and O–H groups in total. The Morgan fingerprint density at radius 3 is 2.65 bits per heavy atom. The molecule has 0 atom stereocenters. The number of benzene rings is 1. The van der Waals surface area contributed by atoms with Gasteiger partial charge in [0, 0.05) is 25.4 Å². The van der Waals surface area contributed by atoms with Crippen molar-refractivity contribution in [3.05, 3.63) is 53.7 Å². The molecule has 0 aliphatic rings. The SMILES string of the molecule is COc1ccc(F)c(CNc2nc(Nc3cnn(C)c3)ncc2F)c1F. The lowest BCUT2D eigenvalue weighted by Gasteiger charge is -2.11. The van der Waals surface area contributed by atoms with Gasteiger partial charge in [0.15, 0.2) is 23.2 Å². The van der Waals surface area contributed by atoms with Gasteiger partial charge in [-0.3, -0.25) is 4.68 Å². The summed E-state index contributed by atoms with van der Waals surface area (Å²) in [5.41, 5.74) is 0.319. The standard InChI is InChI=1S/C16H15F3N6O/c1-25-8-9(5-22-25)23-16-21-7-12(18)15(24-16)20-6-10-11(17)3-4-13(26-2)14(10)19/h3-5,7-8H,6H2,1-2H3,(H2,20,21,23,24). The average Bonchev–Trinajstić information content (AvgIpc) is 3.02. The summed E-state index contributed by atoms with van der Waals surface area (Å²) in [4.78, 5) is 7.79. The van der Waals surface area contributed by atoms with Crippen LogP contribution >= 0.6 is 0 Å². The van der Waals surface area contributed by atoms with Gasteiger partial charge in [-0.25, -0.2) is 18.2 Å². The van der Waals surface area contributed by atoms with E-state index in [1.165, 1.54) is 13.2 Å². The summed E-state index contributed by atoms with van der Waals surface area (Å²) in [6, 6.07) is 2.25. The zero-order valence-corrected chi connectivity index (χ0v) is 13.9. The molecule has 0 aliphatic carbocycles. The summed E-state index contributed by atoms with van der Waals surface area (Å²) in [5, 5.41) is 9.40. The topological polar surface area (TPSA) is 76.9 Å². The molecule has 0 fully saturated rings. The molecule has 0 radical (unpaired) electrons. The molecule has 0 unspecified atom stereocenters. The zero-order valence-electron chi connectivity index (χ0n) is 13.9. The molecule has 10 heteroatoms. The molecule has 0 saturated heterocycles. The van der Waals surface area contributed by atoms with E-state index in [0.717, 1.165) is 12.3 Å². The fourth-order valence-electron chi connectivity index (χ4n) is 2.23. The first-order chi connectivity index (χ1) is 12.5. The molecular weight excluding hydrogens is 349 g/mol. The number of methoxy groups -OCH3 is 1. The number of aromatic nitrogens is 4. The number of anilines is 3. The number of ether oxygens (including phenoxy) is 1. The second-order valence-electron chi connectivity index (χ2n) is 5.31. The highest BCUT2D eigenvalue weighted by molar-refractivity contribution is 5.52. The highest BCUT2D eigenvalue weighted by atomic mass is 19.1. The Morgan fingerprint density at radius 1 is 1.15 bits per heavy atom. The van der Waals surface area contributed by atoms with Crippen molar-refractivity contribution in [2.45, 2.75) is 6.54 Å². The molecule has 0 bridgehead atoms. The normalized spacial score (nSPS) is 10.7. The maximum Gasteiger partial charge on any atom is 0.229 e. The Labute approximate surface area is 146 Å². The summed E-state index contributed by atoms with van der Waals surface area (Å²) >= 11 is 0. The van der Waals surface area contributed by atoms with Crippen LogP contribution in [0.1, 0.15) is 5.56 Å². The molecule has 26 heavy (non-hydrogen) atoms. The average molecular weight is 364 g/mol. The first kappa shape index (κ1) is 17.5. The fourth-order valence-corrected chi connectivity index (χ4v) is 2.23. The maximum atomic E-state index is 14.2. The van der Waals surface area contributed by atoms with Crippen LogP contribution in [0.3, 0.4) is 0 Å². The third-order valence-electron chi connectivity index (χ3n) is 3.51. The lowest BCUT2D eigenvalue weighted by atomic mass is 10.2. The third kappa shape index (κ3) is 3.68. The summed E-state index contributed by atoms with van der Waals surface area (Å²) in [7, 11) is 3.01. The summed E-state index contributed by atoms with van der Waals surface area (Å²) in [6.07, 6.45) is 4.17. The van der Waals surface area contributed by atoms with Crippen molar-refractivity contribution in [3.63, 3.8) is 0 Å². The predicted octanol–water partition coefficient (Wildman–Crippen LogP) is 2.99. The van der Waals surface area contributed by atoms with E-state index in [9.17, 15) is 13.2 Å². The van der Waals surface area contributed by atoms with Crippen molar-refractivity contribution in [2.24, 2.45) is 7.05 Å². The van der Waals surface area contributed by atoms with Crippen LogP contribution < -0.4 is 15.4 Å². The Morgan fingerprint density at radius 2 is 1.96 bits per heavy atom.